The van der Waals surface area contributed by atoms with Crippen molar-refractivity contribution in [3.63, 3.8) is 0 Å². The van der Waals surface area contributed by atoms with Crippen LogP contribution in [-0.4, -0.2) is 26.2 Å². The molecule has 0 bridgehead atoms. The topological polar surface area (TPSA) is 83.1 Å². The Morgan fingerprint density at radius 3 is 2.47 bits per heavy atom. The largest absolute Gasteiger partial charge is 0.489 e. The number of benzene rings is 3. The van der Waals surface area contributed by atoms with Crippen LogP contribution >= 0.6 is 23.4 Å². The molecule has 0 aliphatic heterocycles. The number of aromatic nitrogens is 3. The lowest BCUT2D eigenvalue weighted by Gasteiger charge is -2.15. The van der Waals surface area contributed by atoms with Gasteiger partial charge < -0.3 is 4.74 Å². The van der Waals surface area contributed by atoms with Crippen LogP contribution < -0.4 is 4.74 Å². The van der Waals surface area contributed by atoms with Crippen LogP contribution in [-0.2, 0) is 6.61 Å². The van der Waals surface area contributed by atoms with Gasteiger partial charge in [-0.05, 0) is 66.9 Å². The molecular formula is C25H23ClN4O3S. The molecule has 1 heterocycles. The molecule has 0 aliphatic rings. The van der Waals surface area contributed by atoms with E-state index in [-0.39, 0.29) is 11.5 Å². The van der Waals surface area contributed by atoms with Gasteiger partial charge in [0.05, 0.1) is 0 Å². The predicted octanol–water partition coefficient (Wildman–Crippen LogP) is 6.23. The predicted molar refractivity (Wildman–Crippen MR) is 134 cm³/mol. The van der Waals surface area contributed by atoms with Crippen LogP contribution in [0.3, 0.4) is 0 Å². The first-order chi connectivity index (χ1) is 16.4. The van der Waals surface area contributed by atoms with Gasteiger partial charge in [0.2, 0.25) is 6.54 Å². The number of aryl methyl sites for hydroxylation is 2. The number of rotatable bonds is 9. The van der Waals surface area contributed by atoms with E-state index < -0.39 is 5.25 Å². The summed E-state index contributed by atoms with van der Waals surface area (Å²) in [6.07, 6.45) is 0. The first kappa shape index (κ1) is 23.8. The number of ether oxygens (including phenoxy) is 1. The van der Waals surface area contributed by atoms with E-state index in [4.69, 9.17) is 16.3 Å². The van der Waals surface area contributed by atoms with Crippen molar-refractivity contribution in [2.24, 2.45) is 0 Å². The van der Waals surface area contributed by atoms with Crippen molar-refractivity contribution in [2.45, 2.75) is 30.9 Å². The molecule has 34 heavy (non-hydrogen) atoms. The normalized spacial score (nSPS) is 11.9. The summed E-state index contributed by atoms with van der Waals surface area (Å²) in [5.74, 6) is 1.40. The molecule has 0 unspecified atom stereocenters. The minimum Gasteiger partial charge on any atom is -0.489 e. The second-order valence-corrected chi connectivity index (χ2v) is 9.42. The molecule has 0 aliphatic carbocycles. The number of halogens is 1. The van der Waals surface area contributed by atoms with Gasteiger partial charge in [-0.25, -0.2) is 0 Å². The van der Waals surface area contributed by atoms with E-state index in [1.54, 1.807) is 0 Å². The van der Waals surface area contributed by atoms with E-state index >= 15 is 0 Å². The molecular weight excluding hydrogens is 472 g/mol. The van der Waals surface area contributed by atoms with Crippen LogP contribution in [0.4, 0.5) is 0 Å². The van der Waals surface area contributed by atoms with Gasteiger partial charge in [0.15, 0.2) is 5.16 Å². The van der Waals surface area contributed by atoms with Gasteiger partial charge >= 0.3 is 0 Å². The summed E-state index contributed by atoms with van der Waals surface area (Å²) in [5, 5.41) is 20.8. The van der Waals surface area contributed by atoms with E-state index in [1.165, 1.54) is 11.8 Å². The number of hydrogen-bond donors (Lipinski definition) is 0. The lowest BCUT2D eigenvalue weighted by Crippen LogP contribution is -2.11. The number of hydrogen-bond acceptors (Lipinski definition) is 6. The minimum absolute atomic E-state index is 0.241. The summed E-state index contributed by atoms with van der Waals surface area (Å²) >= 11 is 7.25. The zero-order chi connectivity index (χ0) is 24.1. The smallest absolute Gasteiger partial charge is 0.220 e. The van der Waals surface area contributed by atoms with Crippen LogP contribution in [0.15, 0.2) is 78.0 Å². The zero-order valence-electron chi connectivity index (χ0n) is 18.7. The van der Waals surface area contributed by atoms with Gasteiger partial charge in [0.1, 0.15) is 23.4 Å². The molecule has 0 radical (unpaired) electrons. The molecule has 0 amide bonds. The van der Waals surface area contributed by atoms with Gasteiger partial charge in [-0.15, -0.1) is 10.2 Å². The van der Waals surface area contributed by atoms with Crippen LogP contribution in [0.5, 0.6) is 5.75 Å². The number of thioether (sulfide) groups is 1. The summed E-state index contributed by atoms with van der Waals surface area (Å²) in [6, 6.07) is 22.8. The van der Waals surface area contributed by atoms with Gasteiger partial charge in [0, 0.05) is 15.6 Å². The molecule has 7 nitrogen and oxygen atoms in total. The fourth-order valence-corrected chi connectivity index (χ4v) is 4.78. The van der Waals surface area contributed by atoms with Gasteiger partial charge in [0.25, 0.3) is 0 Å². The van der Waals surface area contributed by atoms with Crippen molar-refractivity contribution in [1.82, 2.24) is 14.8 Å². The van der Waals surface area contributed by atoms with E-state index in [0.29, 0.717) is 22.5 Å². The fraction of sp³-hybridized carbons (Fsp3) is 0.200. The lowest BCUT2D eigenvalue weighted by atomic mass is 10.1. The van der Waals surface area contributed by atoms with E-state index in [1.807, 2.05) is 91.2 Å². The van der Waals surface area contributed by atoms with Crippen molar-refractivity contribution in [2.75, 3.05) is 6.54 Å². The highest BCUT2D eigenvalue weighted by Crippen LogP contribution is 2.36. The molecule has 4 rings (SSSR count). The zero-order valence-corrected chi connectivity index (χ0v) is 20.3. The van der Waals surface area contributed by atoms with E-state index in [0.717, 1.165) is 28.2 Å². The Morgan fingerprint density at radius 2 is 1.79 bits per heavy atom. The summed E-state index contributed by atoms with van der Waals surface area (Å²) < 4.78 is 7.77. The maximum atomic E-state index is 11.4. The van der Waals surface area contributed by atoms with Gasteiger partial charge in [-0.2, -0.15) is 0 Å². The van der Waals surface area contributed by atoms with Crippen LogP contribution in [0.25, 0.3) is 5.69 Å². The highest BCUT2D eigenvalue weighted by atomic mass is 35.5. The highest BCUT2D eigenvalue weighted by molar-refractivity contribution is 7.99. The molecule has 0 saturated carbocycles. The average Bonchev–Trinajstić information content (AvgIpc) is 3.18. The molecule has 1 atom stereocenters. The SMILES string of the molecule is Cc1cccc(-n2c(C)nnc2S[C@H](C[N+](=O)[O-])c2ccc(OCc3ccc(Cl)cc3)cc2)c1. The molecule has 3 aromatic carbocycles. The molecule has 1 aromatic heterocycles. The molecule has 0 spiro atoms. The van der Waals surface area contributed by atoms with Crippen molar-refractivity contribution in [1.29, 1.82) is 0 Å². The van der Waals surface area contributed by atoms with E-state index in [2.05, 4.69) is 10.2 Å². The molecule has 0 fully saturated rings. The second-order valence-electron chi connectivity index (χ2n) is 7.81. The van der Waals surface area contributed by atoms with Crippen molar-refractivity contribution in [3.05, 3.63) is 110 Å². The highest BCUT2D eigenvalue weighted by Gasteiger charge is 2.24. The molecule has 9 heteroatoms. The standard InChI is InChI=1S/C25H23ClN4O3S/c1-17-4-3-5-22(14-17)30-18(2)27-28-25(30)34-24(15-29(31)32)20-8-12-23(13-9-20)33-16-19-6-10-21(26)11-7-19/h3-14,24H,15-16H2,1-2H3/t24-/m1/s1. The second kappa shape index (κ2) is 10.7. The van der Waals surface area contributed by atoms with Crippen LogP contribution in [0.1, 0.15) is 27.8 Å². The minimum atomic E-state index is -0.438. The van der Waals surface area contributed by atoms with Crippen molar-refractivity contribution >= 4 is 23.4 Å². The van der Waals surface area contributed by atoms with Crippen LogP contribution in [0, 0.1) is 24.0 Å². The van der Waals surface area contributed by atoms with Crippen LogP contribution in [0.2, 0.25) is 5.02 Å². The number of nitro groups is 1. The summed E-state index contributed by atoms with van der Waals surface area (Å²) in [4.78, 5) is 11.1. The first-order valence-corrected chi connectivity index (χ1v) is 11.9. The third-order valence-corrected chi connectivity index (χ3v) is 6.62. The van der Waals surface area contributed by atoms with Crippen molar-refractivity contribution < 1.29 is 9.66 Å². The Morgan fingerprint density at radius 1 is 1.06 bits per heavy atom. The first-order valence-electron chi connectivity index (χ1n) is 10.6. The molecule has 4 aromatic rings. The molecule has 174 valence electrons. The Kier molecular flexibility index (Phi) is 7.49. The van der Waals surface area contributed by atoms with Gasteiger partial charge in [-0.1, -0.05) is 59.8 Å². The summed E-state index contributed by atoms with van der Waals surface area (Å²) in [5.41, 5.74) is 3.85. The third kappa shape index (κ3) is 5.95. The number of nitrogens with zero attached hydrogens (tertiary/aromatic N) is 4. The summed E-state index contributed by atoms with van der Waals surface area (Å²) in [6.45, 7) is 4.05. The lowest BCUT2D eigenvalue weighted by molar-refractivity contribution is -0.479. The summed E-state index contributed by atoms with van der Waals surface area (Å²) in [7, 11) is 0. The van der Waals surface area contributed by atoms with E-state index in [9.17, 15) is 10.1 Å². The fourth-order valence-electron chi connectivity index (χ4n) is 3.48. The average molecular weight is 495 g/mol. The van der Waals surface area contributed by atoms with Gasteiger partial charge in [-0.3, -0.25) is 14.7 Å². The maximum Gasteiger partial charge on any atom is 0.220 e. The Bertz CT molecular complexity index is 1280. The molecule has 0 saturated heterocycles. The Balaban J connectivity index is 1.53. The Labute approximate surface area is 206 Å². The Hall–Kier alpha value is -3.36. The quantitative estimate of drug-likeness (QED) is 0.156. The van der Waals surface area contributed by atoms with Crippen molar-refractivity contribution in [3.8, 4) is 11.4 Å². The third-order valence-electron chi connectivity index (χ3n) is 5.19. The maximum absolute atomic E-state index is 11.4. The monoisotopic (exact) mass is 494 g/mol. The molecule has 0 N–H and O–H groups in total.